The van der Waals surface area contributed by atoms with Gasteiger partial charge in [-0.15, -0.1) is 0 Å². The average molecular weight is 252 g/mol. The molecule has 2 aliphatic rings. The lowest BCUT2D eigenvalue weighted by Gasteiger charge is -2.38. The first-order valence-corrected chi connectivity index (χ1v) is 8.12. The minimum atomic E-state index is 0.744. The Bertz CT molecular complexity index is 233. The van der Waals surface area contributed by atoms with Crippen LogP contribution in [0.1, 0.15) is 58.8 Å². The molecular formula is C16H32N2. The van der Waals surface area contributed by atoms with Crippen molar-refractivity contribution >= 4 is 0 Å². The lowest BCUT2D eigenvalue weighted by molar-refractivity contribution is 0.141. The van der Waals surface area contributed by atoms with Gasteiger partial charge in [0.25, 0.3) is 0 Å². The molecule has 2 nitrogen and oxygen atoms in total. The summed E-state index contributed by atoms with van der Waals surface area (Å²) < 4.78 is 0. The third kappa shape index (κ3) is 3.96. The maximum atomic E-state index is 3.72. The summed E-state index contributed by atoms with van der Waals surface area (Å²) in [7, 11) is 2.35. The third-order valence-corrected chi connectivity index (χ3v) is 5.30. The number of rotatable bonds is 4. The van der Waals surface area contributed by atoms with E-state index in [1.165, 1.54) is 58.0 Å². The maximum Gasteiger partial charge on any atom is 0.0197 e. The van der Waals surface area contributed by atoms with E-state index in [0.29, 0.717) is 0 Å². The maximum absolute atomic E-state index is 3.72. The molecule has 0 aromatic heterocycles. The molecular weight excluding hydrogens is 220 g/mol. The number of hydrogen-bond donors (Lipinski definition) is 1. The highest BCUT2D eigenvalue weighted by molar-refractivity contribution is 4.83. The summed E-state index contributed by atoms with van der Waals surface area (Å²) in [5, 5.41) is 3.72. The summed E-state index contributed by atoms with van der Waals surface area (Å²) in [6.07, 6.45) is 9.85. The zero-order chi connectivity index (χ0) is 13.0. The van der Waals surface area contributed by atoms with Crippen LogP contribution in [0.25, 0.3) is 0 Å². The second kappa shape index (κ2) is 6.91. The van der Waals surface area contributed by atoms with E-state index in [1.807, 2.05) is 0 Å². The quantitative estimate of drug-likeness (QED) is 0.826. The monoisotopic (exact) mass is 252 g/mol. The molecule has 1 N–H and O–H groups in total. The third-order valence-electron chi connectivity index (χ3n) is 5.30. The van der Waals surface area contributed by atoms with Crippen LogP contribution in [0.15, 0.2) is 0 Å². The molecule has 0 bridgehead atoms. The van der Waals surface area contributed by atoms with E-state index in [4.69, 9.17) is 0 Å². The van der Waals surface area contributed by atoms with Crippen molar-refractivity contribution in [2.45, 2.75) is 70.9 Å². The van der Waals surface area contributed by atoms with Crippen LogP contribution in [-0.2, 0) is 0 Å². The van der Waals surface area contributed by atoms with Gasteiger partial charge in [-0.25, -0.2) is 0 Å². The zero-order valence-electron chi connectivity index (χ0n) is 12.6. The molecule has 0 aromatic rings. The van der Waals surface area contributed by atoms with Gasteiger partial charge in [0.15, 0.2) is 0 Å². The van der Waals surface area contributed by atoms with Crippen LogP contribution in [0.5, 0.6) is 0 Å². The molecule has 0 amide bonds. The van der Waals surface area contributed by atoms with Gasteiger partial charge < -0.3 is 10.2 Å². The molecule has 1 saturated heterocycles. The summed E-state index contributed by atoms with van der Waals surface area (Å²) >= 11 is 0. The van der Waals surface area contributed by atoms with Gasteiger partial charge in [-0.05, 0) is 64.0 Å². The molecule has 18 heavy (non-hydrogen) atoms. The van der Waals surface area contributed by atoms with Gasteiger partial charge in [-0.3, -0.25) is 0 Å². The van der Waals surface area contributed by atoms with Crippen LogP contribution >= 0.6 is 0 Å². The van der Waals surface area contributed by atoms with Crippen molar-refractivity contribution < 1.29 is 0 Å². The molecule has 0 spiro atoms. The molecule has 1 aliphatic heterocycles. The van der Waals surface area contributed by atoms with Crippen molar-refractivity contribution in [3.05, 3.63) is 0 Å². The van der Waals surface area contributed by atoms with E-state index in [9.17, 15) is 0 Å². The molecule has 2 atom stereocenters. The van der Waals surface area contributed by atoms with Crippen molar-refractivity contribution in [1.29, 1.82) is 0 Å². The van der Waals surface area contributed by atoms with Gasteiger partial charge in [0.2, 0.25) is 0 Å². The van der Waals surface area contributed by atoms with E-state index in [-0.39, 0.29) is 0 Å². The van der Waals surface area contributed by atoms with Gasteiger partial charge in [-0.1, -0.05) is 20.3 Å². The first-order chi connectivity index (χ1) is 8.69. The molecule has 1 saturated carbocycles. The fourth-order valence-corrected chi connectivity index (χ4v) is 3.78. The normalized spacial score (nSPS) is 38.0. The minimum absolute atomic E-state index is 0.744. The van der Waals surface area contributed by atoms with Crippen molar-refractivity contribution in [2.24, 2.45) is 11.8 Å². The van der Waals surface area contributed by atoms with Gasteiger partial charge in [-0.2, -0.15) is 0 Å². The zero-order valence-corrected chi connectivity index (χ0v) is 12.6. The summed E-state index contributed by atoms with van der Waals surface area (Å²) in [6, 6.07) is 1.60. The topological polar surface area (TPSA) is 15.3 Å². The Hall–Kier alpha value is -0.0800. The largest absolute Gasteiger partial charge is 0.313 e. The summed E-state index contributed by atoms with van der Waals surface area (Å²) in [5.74, 6) is 1.93. The lowest BCUT2D eigenvalue weighted by atomic mass is 9.86. The van der Waals surface area contributed by atoms with Crippen molar-refractivity contribution in [2.75, 3.05) is 20.1 Å². The molecule has 2 fully saturated rings. The van der Waals surface area contributed by atoms with E-state index < -0.39 is 0 Å². The van der Waals surface area contributed by atoms with Crippen LogP contribution in [0, 0.1) is 11.8 Å². The second-order valence-electron chi connectivity index (χ2n) is 6.80. The molecule has 2 rings (SSSR count). The minimum Gasteiger partial charge on any atom is -0.313 e. The smallest absolute Gasteiger partial charge is 0.0197 e. The van der Waals surface area contributed by atoms with Crippen LogP contribution in [-0.4, -0.2) is 37.1 Å². The standard InChI is InChI=1S/C16H32N2/c1-4-14-9-10-17-15(11-14)12-18(3)16-7-5-13(2)6-8-16/h13-17H,4-12H2,1-3H3. The van der Waals surface area contributed by atoms with Crippen molar-refractivity contribution in [3.8, 4) is 0 Å². The Labute approximate surface area is 114 Å². The highest BCUT2D eigenvalue weighted by Gasteiger charge is 2.26. The highest BCUT2D eigenvalue weighted by atomic mass is 15.2. The van der Waals surface area contributed by atoms with E-state index in [2.05, 4.69) is 31.1 Å². The lowest BCUT2D eigenvalue weighted by Crippen LogP contribution is -2.48. The molecule has 106 valence electrons. The number of piperidine rings is 1. The Morgan fingerprint density at radius 1 is 1.11 bits per heavy atom. The SMILES string of the molecule is CCC1CCNC(CN(C)C2CCC(C)CC2)C1. The Morgan fingerprint density at radius 2 is 1.83 bits per heavy atom. The molecule has 2 heteroatoms. The average Bonchev–Trinajstić information content (AvgIpc) is 2.39. The summed E-state index contributed by atoms with van der Waals surface area (Å²) in [6.45, 7) is 7.25. The first kappa shape index (κ1) is 14.3. The number of hydrogen-bond acceptors (Lipinski definition) is 2. The van der Waals surface area contributed by atoms with Gasteiger partial charge in [0.05, 0.1) is 0 Å². The Balaban J connectivity index is 1.74. The number of nitrogens with zero attached hydrogens (tertiary/aromatic N) is 1. The molecule has 2 unspecified atom stereocenters. The van der Waals surface area contributed by atoms with Gasteiger partial charge in [0, 0.05) is 18.6 Å². The van der Waals surface area contributed by atoms with Gasteiger partial charge in [0.1, 0.15) is 0 Å². The first-order valence-electron chi connectivity index (χ1n) is 8.12. The van der Waals surface area contributed by atoms with Crippen LogP contribution in [0.3, 0.4) is 0 Å². The van der Waals surface area contributed by atoms with Crippen LogP contribution in [0.4, 0.5) is 0 Å². The summed E-state index contributed by atoms with van der Waals surface area (Å²) in [4.78, 5) is 2.64. The fraction of sp³-hybridized carbons (Fsp3) is 1.00. The summed E-state index contributed by atoms with van der Waals surface area (Å²) in [5.41, 5.74) is 0. The Kier molecular flexibility index (Phi) is 5.50. The van der Waals surface area contributed by atoms with E-state index >= 15 is 0 Å². The molecule has 1 aliphatic carbocycles. The number of nitrogens with one attached hydrogen (secondary N) is 1. The molecule has 0 radical (unpaired) electrons. The fourth-order valence-electron chi connectivity index (χ4n) is 3.78. The van der Waals surface area contributed by atoms with Crippen LogP contribution in [0.2, 0.25) is 0 Å². The van der Waals surface area contributed by atoms with Crippen molar-refractivity contribution in [1.82, 2.24) is 10.2 Å². The molecule has 0 aromatic carbocycles. The predicted molar refractivity (Wildman–Crippen MR) is 78.9 cm³/mol. The Morgan fingerprint density at radius 3 is 2.50 bits per heavy atom. The van der Waals surface area contributed by atoms with Crippen LogP contribution < -0.4 is 5.32 Å². The van der Waals surface area contributed by atoms with Gasteiger partial charge >= 0.3 is 0 Å². The van der Waals surface area contributed by atoms with E-state index in [1.54, 1.807) is 0 Å². The van der Waals surface area contributed by atoms with Crippen molar-refractivity contribution in [3.63, 3.8) is 0 Å². The second-order valence-corrected chi connectivity index (χ2v) is 6.80. The predicted octanol–water partition coefficient (Wildman–Crippen LogP) is 3.28. The highest BCUT2D eigenvalue weighted by Crippen LogP contribution is 2.27. The molecule has 1 heterocycles. The number of likely N-dealkylation sites (N-methyl/N-ethyl adjacent to an activating group) is 1. The van der Waals surface area contributed by atoms with E-state index in [0.717, 1.165) is 23.9 Å².